The Kier molecular flexibility index (Phi) is 6.36. The first-order chi connectivity index (χ1) is 16.2. The first kappa shape index (κ1) is 22.0. The number of carbonyl (C=O) groups excluding carboxylic acids is 1. The molecule has 1 atom stereocenters. The largest absolute Gasteiger partial charge is 0.497 e. The number of hydrogen-bond acceptors (Lipinski definition) is 4. The quantitative estimate of drug-likeness (QED) is 0.626. The topological polar surface area (TPSA) is 67.5 Å². The van der Waals surface area contributed by atoms with Crippen LogP contribution in [0.25, 0.3) is 11.0 Å². The summed E-state index contributed by atoms with van der Waals surface area (Å²) >= 11 is 0. The maximum Gasteiger partial charge on any atom is 0.233 e. The summed E-state index contributed by atoms with van der Waals surface area (Å²) in [4.78, 5) is 24.1. The molecule has 6 heteroatoms. The fraction of sp³-hybridized carbons (Fsp3) is 0.481. The summed E-state index contributed by atoms with van der Waals surface area (Å²) in [5.41, 5.74) is 2.68. The summed E-state index contributed by atoms with van der Waals surface area (Å²) in [6.45, 7) is 2.90. The highest BCUT2D eigenvalue weighted by Gasteiger charge is 2.44. The van der Waals surface area contributed by atoms with Gasteiger partial charge in [-0.25, -0.2) is 4.98 Å². The Balaban J connectivity index is 1.29. The van der Waals surface area contributed by atoms with Crippen LogP contribution in [0.3, 0.4) is 0 Å². The van der Waals surface area contributed by atoms with E-state index in [0.717, 1.165) is 79.7 Å². The minimum atomic E-state index is -0.495. The molecule has 0 saturated carbocycles. The van der Waals surface area contributed by atoms with E-state index in [1.807, 2.05) is 18.3 Å². The molecule has 2 aromatic heterocycles. The molecule has 0 bridgehead atoms. The number of nitrogens with one attached hydrogen (secondary N) is 1. The van der Waals surface area contributed by atoms with E-state index < -0.39 is 5.41 Å². The number of likely N-dealkylation sites (tertiary alicyclic amines) is 1. The molecule has 3 aromatic rings. The van der Waals surface area contributed by atoms with Gasteiger partial charge in [0.15, 0.2) is 0 Å². The average Bonchev–Trinajstić information content (AvgIpc) is 3.21. The number of hydrogen-bond donors (Lipinski definition) is 1. The van der Waals surface area contributed by atoms with Crippen LogP contribution in [0, 0.1) is 5.92 Å². The Morgan fingerprint density at radius 3 is 2.73 bits per heavy atom. The van der Waals surface area contributed by atoms with Crippen molar-refractivity contribution < 1.29 is 14.3 Å². The summed E-state index contributed by atoms with van der Waals surface area (Å²) in [5, 5.41) is 1.15. The molecule has 2 saturated heterocycles. The zero-order valence-corrected chi connectivity index (χ0v) is 19.4. The highest BCUT2D eigenvalue weighted by atomic mass is 16.5. The van der Waals surface area contributed by atoms with Gasteiger partial charge in [0.25, 0.3) is 0 Å². The zero-order valence-electron chi connectivity index (χ0n) is 19.4. The first-order valence-corrected chi connectivity index (χ1v) is 12.1. The SMILES string of the molecule is COc1ccc(C2(C(=O)N3CCC[C@H](Cc4ccc5cc[nH]c5n4)CC3)CCOCC2)cc1. The van der Waals surface area contributed by atoms with Crippen molar-refractivity contribution in [3.8, 4) is 5.75 Å². The third-order valence-corrected chi connectivity index (χ3v) is 7.50. The maximum absolute atomic E-state index is 14.0. The standard InChI is InChI=1S/C27H33N3O3/c1-32-24-8-5-22(6-9-24)27(12-17-33-18-13-27)26(31)30-15-2-3-20(11-16-30)19-23-7-4-21-10-14-28-25(21)29-23/h4-10,14,20H,2-3,11-13,15-19H2,1H3,(H,28,29)/t20-/m0/s1. The fourth-order valence-electron chi connectivity index (χ4n) is 5.51. The van der Waals surface area contributed by atoms with Crippen LogP contribution in [0.2, 0.25) is 0 Å². The summed E-state index contributed by atoms with van der Waals surface area (Å²) in [7, 11) is 1.67. The van der Waals surface area contributed by atoms with Crippen LogP contribution in [0.5, 0.6) is 5.75 Å². The predicted octanol–water partition coefficient (Wildman–Crippen LogP) is 4.49. The Hall–Kier alpha value is -2.86. The minimum absolute atomic E-state index is 0.266. The van der Waals surface area contributed by atoms with Crippen LogP contribution < -0.4 is 4.74 Å². The van der Waals surface area contributed by atoms with E-state index in [1.165, 1.54) is 0 Å². The molecular weight excluding hydrogens is 414 g/mol. The smallest absolute Gasteiger partial charge is 0.233 e. The molecule has 1 N–H and O–H groups in total. The van der Waals surface area contributed by atoms with Gasteiger partial charge in [-0.05, 0) is 80.3 Å². The van der Waals surface area contributed by atoms with Gasteiger partial charge in [0.1, 0.15) is 11.4 Å². The second kappa shape index (κ2) is 9.56. The number of carbonyl (C=O) groups is 1. The highest BCUT2D eigenvalue weighted by Crippen LogP contribution is 2.38. The molecule has 5 rings (SSSR count). The molecule has 0 spiro atoms. The molecule has 0 unspecified atom stereocenters. The number of nitrogens with zero attached hydrogens (tertiary/aromatic N) is 2. The van der Waals surface area contributed by atoms with E-state index in [1.54, 1.807) is 7.11 Å². The molecule has 33 heavy (non-hydrogen) atoms. The predicted molar refractivity (Wildman–Crippen MR) is 128 cm³/mol. The minimum Gasteiger partial charge on any atom is -0.497 e. The number of benzene rings is 1. The van der Waals surface area contributed by atoms with Crippen LogP contribution >= 0.6 is 0 Å². The lowest BCUT2D eigenvalue weighted by Crippen LogP contribution is -2.50. The molecular formula is C27H33N3O3. The lowest BCUT2D eigenvalue weighted by atomic mass is 9.73. The number of H-pyrrole nitrogens is 1. The maximum atomic E-state index is 14.0. The van der Waals surface area contributed by atoms with E-state index in [0.29, 0.717) is 19.1 Å². The first-order valence-electron chi connectivity index (χ1n) is 12.1. The molecule has 0 aliphatic carbocycles. The van der Waals surface area contributed by atoms with Crippen molar-refractivity contribution in [1.82, 2.24) is 14.9 Å². The van der Waals surface area contributed by atoms with E-state index in [2.05, 4.69) is 40.2 Å². The number of rotatable bonds is 5. The summed E-state index contributed by atoms with van der Waals surface area (Å²) in [6, 6.07) is 14.4. The van der Waals surface area contributed by atoms with Crippen molar-refractivity contribution in [2.45, 2.75) is 43.9 Å². The van der Waals surface area contributed by atoms with Crippen LogP contribution in [-0.2, 0) is 21.4 Å². The average molecular weight is 448 g/mol. The van der Waals surface area contributed by atoms with Gasteiger partial charge < -0.3 is 19.4 Å². The van der Waals surface area contributed by atoms with Gasteiger partial charge in [0.05, 0.1) is 12.5 Å². The second-order valence-corrected chi connectivity index (χ2v) is 9.43. The molecule has 1 aromatic carbocycles. The number of aromatic amines is 1. The van der Waals surface area contributed by atoms with Crippen molar-refractivity contribution >= 4 is 16.9 Å². The number of methoxy groups -OCH3 is 1. The van der Waals surface area contributed by atoms with Gasteiger partial charge in [-0.15, -0.1) is 0 Å². The summed E-state index contributed by atoms with van der Waals surface area (Å²) < 4.78 is 11.0. The molecule has 2 fully saturated rings. The molecule has 6 nitrogen and oxygen atoms in total. The van der Waals surface area contributed by atoms with Gasteiger partial charge in [-0.1, -0.05) is 12.1 Å². The second-order valence-electron chi connectivity index (χ2n) is 9.43. The van der Waals surface area contributed by atoms with Crippen LogP contribution in [0.1, 0.15) is 43.4 Å². The van der Waals surface area contributed by atoms with E-state index in [9.17, 15) is 4.79 Å². The van der Waals surface area contributed by atoms with E-state index in [4.69, 9.17) is 14.5 Å². The molecule has 174 valence electrons. The molecule has 1 amide bonds. The van der Waals surface area contributed by atoms with Crippen molar-refractivity contribution in [3.63, 3.8) is 0 Å². The Morgan fingerprint density at radius 1 is 1.12 bits per heavy atom. The van der Waals surface area contributed by atoms with Crippen LogP contribution in [-0.4, -0.2) is 54.2 Å². The molecule has 2 aliphatic rings. The van der Waals surface area contributed by atoms with E-state index in [-0.39, 0.29) is 5.91 Å². The van der Waals surface area contributed by atoms with Gasteiger partial charge in [0.2, 0.25) is 5.91 Å². The van der Waals surface area contributed by atoms with E-state index >= 15 is 0 Å². The Bertz CT molecular complexity index is 1090. The summed E-state index contributed by atoms with van der Waals surface area (Å²) in [6.07, 6.45) is 7.56. The van der Waals surface area contributed by atoms with Gasteiger partial charge >= 0.3 is 0 Å². The van der Waals surface area contributed by atoms with Crippen molar-refractivity contribution in [3.05, 3.63) is 59.9 Å². The van der Waals surface area contributed by atoms with Crippen molar-refractivity contribution in [2.75, 3.05) is 33.4 Å². The number of pyridine rings is 1. The lowest BCUT2D eigenvalue weighted by molar-refractivity contribution is -0.141. The third kappa shape index (κ3) is 4.49. The highest BCUT2D eigenvalue weighted by molar-refractivity contribution is 5.88. The van der Waals surface area contributed by atoms with Gasteiger partial charge in [0, 0.05) is 43.6 Å². The number of aromatic nitrogens is 2. The zero-order chi connectivity index (χ0) is 22.7. The number of fused-ring (bicyclic) bond motifs is 1. The third-order valence-electron chi connectivity index (χ3n) is 7.50. The number of amides is 1. The van der Waals surface area contributed by atoms with Gasteiger partial charge in [-0.3, -0.25) is 4.79 Å². The lowest BCUT2D eigenvalue weighted by Gasteiger charge is -2.40. The molecule has 4 heterocycles. The molecule has 0 radical (unpaired) electrons. The van der Waals surface area contributed by atoms with Crippen LogP contribution in [0.4, 0.5) is 0 Å². The van der Waals surface area contributed by atoms with Crippen LogP contribution in [0.15, 0.2) is 48.7 Å². The van der Waals surface area contributed by atoms with Crippen molar-refractivity contribution in [1.29, 1.82) is 0 Å². The summed E-state index contributed by atoms with van der Waals surface area (Å²) in [5.74, 6) is 1.63. The molecule has 2 aliphatic heterocycles. The Labute approximate surface area is 195 Å². The Morgan fingerprint density at radius 2 is 1.94 bits per heavy atom. The normalized spacial score (nSPS) is 21.0. The fourth-order valence-corrected chi connectivity index (χ4v) is 5.51. The number of ether oxygens (including phenoxy) is 2. The monoisotopic (exact) mass is 447 g/mol. The van der Waals surface area contributed by atoms with Gasteiger partial charge in [-0.2, -0.15) is 0 Å². The van der Waals surface area contributed by atoms with Crippen molar-refractivity contribution in [2.24, 2.45) is 5.92 Å².